The summed E-state index contributed by atoms with van der Waals surface area (Å²) < 4.78 is 81.3. The van der Waals surface area contributed by atoms with Crippen LogP contribution in [0.5, 0.6) is 5.75 Å². The maximum absolute atomic E-state index is 14.7. The molecule has 138 valence electrons. The number of fused-ring (bicyclic) bond motifs is 2. The van der Waals surface area contributed by atoms with Gasteiger partial charge in [0.2, 0.25) is 5.79 Å². The minimum absolute atomic E-state index is 0.0106. The maximum Gasteiger partial charge on any atom is 0.255 e. The van der Waals surface area contributed by atoms with E-state index in [1.807, 2.05) is 0 Å². The van der Waals surface area contributed by atoms with Gasteiger partial charge in [-0.1, -0.05) is 0 Å². The molecular formula is C15H16F3NO5S. The molecule has 10 heteroatoms. The van der Waals surface area contributed by atoms with Crippen LogP contribution in [0.2, 0.25) is 0 Å². The summed E-state index contributed by atoms with van der Waals surface area (Å²) in [7, 11) is -3.78. The number of nitrogens with zero attached hydrogens (tertiary/aromatic N) is 1. The summed E-state index contributed by atoms with van der Waals surface area (Å²) in [4.78, 5) is 3.90. The lowest BCUT2D eigenvalue weighted by molar-refractivity contribution is -0.202. The lowest BCUT2D eigenvalue weighted by atomic mass is 9.91. The van der Waals surface area contributed by atoms with Crippen LogP contribution < -0.4 is 4.74 Å². The van der Waals surface area contributed by atoms with Crippen molar-refractivity contribution in [3.05, 3.63) is 17.3 Å². The van der Waals surface area contributed by atoms with E-state index < -0.39 is 46.7 Å². The van der Waals surface area contributed by atoms with Crippen molar-refractivity contribution in [2.24, 2.45) is 0 Å². The minimum Gasteiger partial charge on any atom is -0.488 e. The van der Waals surface area contributed by atoms with E-state index in [4.69, 9.17) is 14.2 Å². The van der Waals surface area contributed by atoms with Gasteiger partial charge in [-0.15, -0.1) is 0 Å². The number of aromatic nitrogens is 1. The molecule has 0 radical (unpaired) electrons. The molecule has 0 amide bonds. The monoisotopic (exact) mass is 379 g/mol. The number of hydrogen-bond acceptors (Lipinski definition) is 6. The molecule has 1 saturated carbocycles. The molecule has 6 nitrogen and oxygen atoms in total. The molecule has 4 rings (SSSR count). The maximum atomic E-state index is 14.7. The minimum atomic E-state index is -3.78. The Labute approximate surface area is 142 Å². The van der Waals surface area contributed by atoms with Gasteiger partial charge in [-0.3, -0.25) is 0 Å². The van der Waals surface area contributed by atoms with Crippen LogP contribution in [-0.4, -0.2) is 51.1 Å². The molecule has 2 heterocycles. The van der Waals surface area contributed by atoms with Crippen LogP contribution in [0.4, 0.5) is 13.2 Å². The first-order chi connectivity index (χ1) is 11.6. The number of rotatable bonds is 3. The smallest absolute Gasteiger partial charge is 0.255 e. The second-order valence-corrected chi connectivity index (χ2v) is 8.52. The van der Waals surface area contributed by atoms with E-state index >= 15 is 0 Å². The first kappa shape index (κ1) is 17.0. The Hall–Kier alpha value is -1.39. The molecule has 2 fully saturated rings. The second-order valence-electron chi connectivity index (χ2n) is 6.59. The third-order valence-corrected chi connectivity index (χ3v) is 5.68. The first-order valence-electron chi connectivity index (χ1n) is 7.81. The van der Waals surface area contributed by atoms with Crippen LogP contribution >= 0.6 is 0 Å². The van der Waals surface area contributed by atoms with Gasteiger partial charge < -0.3 is 14.2 Å². The summed E-state index contributed by atoms with van der Waals surface area (Å²) in [5.74, 6) is -4.50. The summed E-state index contributed by atoms with van der Waals surface area (Å²) >= 11 is 0. The molecule has 0 aromatic carbocycles. The Bertz CT molecular complexity index is 815. The average molecular weight is 379 g/mol. The van der Waals surface area contributed by atoms with Crippen LogP contribution in [0.15, 0.2) is 11.2 Å². The number of pyridine rings is 1. The second kappa shape index (κ2) is 5.31. The predicted molar refractivity (Wildman–Crippen MR) is 78.1 cm³/mol. The summed E-state index contributed by atoms with van der Waals surface area (Å²) in [5.41, 5.74) is 0.239. The lowest BCUT2D eigenvalue weighted by Crippen LogP contribution is -2.43. The van der Waals surface area contributed by atoms with E-state index in [-0.39, 0.29) is 41.5 Å². The van der Waals surface area contributed by atoms with E-state index in [2.05, 4.69) is 4.98 Å². The van der Waals surface area contributed by atoms with Gasteiger partial charge in [-0.05, 0) is 0 Å². The van der Waals surface area contributed by atoms with Crippen LogP contribution in [-0.2, 0) is 31.5 Å². The molecule has 0 N–H and O–H groups in total. The van der Waals surface area contributed by atoms with Gasteiger partial charge in [0.15, 0.2) is 21.0 Å². The molecular weight excluding hydrogens is 363 g/mol. The van der Waals surface area contributed by atoms with Crippen molar-refractivity contribution in [2.45, 2.75) is 48.3 Å². The molecule has 1 aromatic rings. The third-order valence-electron chi connectivity index (χ3n) is 4.67. The molecule has 3 aliphatic rings. The fourth-order valence-corrected chi connectivity index (χ4v) is 4.43. The van der Waals surface area contributed by atoms with Crippen molar-refractivity contribution in [3.63, 3.8) is 0 Å². The van der Waals surface area contributed by atoms with E-state index in [1.54, 1.807) is 0 Å². The van der Waals surface area contributed by atoms with Gasteiger partial charge in [-0.2, -0.15) is 0 Å². The SMILES string of the molecule is CS(=O)(=O)c1ncc(OC2CC(F)(F)C2)c2c1C1(OCCO1)C(F)C2. The highest BCUT2D eigenvalue weighted by Gasteiger charge is 2.57. The van der Waals surface area contributed by atoms with Crippen molar-refractivity contribution in [1.29, 1.82) is 0 Å². The standard InChI is InChI=1S/C15H16F3NO5S/c1-25(20,21)13-12-9(4-11(16)15(12)22-2-3-23-15)10(7-19-13)24-8-5-14(17,18)6-8/h7-8,11H,2-6H2,1H3. The highest BCUT2D eigenvalue weighted by molar-refractivity contribution is 7.90. The first-order valence-corrected chi connectivity index (χ1v) is 9.70. The quantitative estimate of drug-likeness (QED) is 0.797. The lowest BCUT2D eigenvalue weighted by Gasteiger charge is -2.35. The van der Waals surface area contributed by atoms with E-state index in [0.29, 0.717) is 0 Å². The fraction of sp³-hybridized carbons (Fsp3) is 0.667. The zero-order valence-electron chi connectivity index (χ0n) is 13.3. The molecule has 1 saturated heterocycles. The molecule has 25 heavy (non-hydrogen) atoms. The van der Waals surface area contributed by atoms with Gasteiger partial charge in [0.05, 0.1) is 25.0 Å². The zero-order chi connectivity index (χ0) is 18.0. The van der Waals surface area contributed by atoms with Crippen molar-refractivity contribution in [2.75, 3.05) is 19.5 Å². The Morgan fingerprint density at radius 1 is 1.28 bits per heavy atom. The molecule has 1 aromatic heterocycles. The highest BCUT2D eigenvalue weighted by atomic mass is 32.2. The molecule has 1 unspecified atom stereocenters. The Morgan fingerprint density at radius 3 is 2.48 bits per heavy atom. The Kier molecular flexibility index (Phi) is 3.62. The average Bonchev–Trinajstić information content (AvgIpc) is 3.05. The Balaban J connectivity index is 1.79. The van der Waals surface area contributed by atoms with E-state index in [0.717, 1.165) is 12.5 Å². The van der Waals surface area contributed by atoms with Crippen molar-refractivity contribution < 1.29 is 35.8 Å². The van der Waals surface area contributed by atoms with Crippen LogP contribution in [0.3, 0.4) is 0 Å². The summed E-state index contributed by atoms with van der Waals surface area (Å²) in [5, 5.41) is -0.337. The van der Waals surface area contributed by atoms with E-state index in [1.165, 1.54) is 0 Å². The number of sulfone groups is 1. The van der Waals surface area contributed by atoms with Crippen molar-refractivity contribution in [1.82, 2.24) is 4.98 Å². The largest absolute Gasteiger partial charge is 0.488 e. The normalized spacial score (nSPS) is 27.3. The van der Waals surface area contributed by atoms with Gasteiger partial charge in [0, 0.05) is 31.1 Å². The zero-order valence-corrected chi connectivity index (χ0v) is 14.1. The number of halogens is 3. The van der Waals surface area contributed by atoms with Gasteiger partial charge in [0.1, 0.15) is 11.9 Å². The van der Waals surface area contributed by atoms with Gasteiger partial charge in [0.25, 0.3) is 5.92 Å². The molecule has 1 atom stereocenters. The van der Waals surface area contributed by atoms with Gasteiger partial charge >= 0.3 is 0 Å². The number of ether oxygens (including phenoxy) is 3. The molecule has 0 bridgehead atoms. The highest BCUT2D eigenvalue weighted by Crippen LogP contribution is 2.51. The van der Waals surface area contributed by atoms with Crippen LogP contribution in [0.25, 0.3) is 0 Å². The van der Waals surface area contributed by atoms with Crippen molar-refractivity contribution in [3.8, 4) is 5.75 Å². The summed E-state index contributed by atoms with van der Waals surface area (Å²) in [6.07, 6.45) is -1.33. The Morgan fingerprint density at radius 2 is 1.92 bits per heavy atom. The molecule has 1 spiro atoms. The van der Waals surface area contributed by atoms with Crippen LogP contribution in [0.1, 0.15) is 24.0 Å². The number of hydrogen-bond donors (Lipinski definition) is 0. The molecule has 2 aliphatic carbocycles. The summed E-state index contributed by atoms with van der Waals surface area (Å²) in [6.45, 7) is 0.228. The van der Waals surface area contributed by atoms with Crippen molar-refractivity contribution >= 4 is 9.84 Å². The summed E-state index contributed by atoms with van der Waals surface area (Å²) in [6, 6.07) is 0. The third kappa shape index (κ3) is 2.61. The van der Waals surface area contributed by atoms with Gasteiger partial charge in [-0.25, -0.2) is 26.6 Å². The number of alkyl halides is 3. The molecule has 1 aliphatic heterocycles. The topological polar surface area (TPSA) is 74.7 Å². The predicted octanol–water partition coefficient (Wildman–Crippen LogP) is 1.76. The van der Waals surface area contributed by atoms with Crippen LogP contribution in [0, 0.1) is 0 Å². The fourth-order valence-electron chi connectivity index (χ4n) is 3.55. The van der Waals surface area contributed by atoms with E-state index in [9.17, 15) is 21.6 Å².